The summed E-state index contributed by atoms with van der Waals surface area (Å²) in [6.45, 7) is 3.07. The Hall–Kier alpha value is -0.920. The van der Waals surface area contributed by atoms with Crippen molar-refractivity contribution in [2.75, 3.05) is 26.7 Å². The van der Waals surface area contributed by atoms with E-state index in [2.05, 4.69) is 15.9 Å². The van der Waals surface area contributed by atoms with Crippen LogP contribution in [0.4, 0.5) is 0 Å². The van der Waals surface area contributed by atoms with Crippen LogP contribution in [0.3, 0.4) is 0 Å². The van der Waals surface area contributed by atoms with Crippen molar-refractivity contribution in [1.82, 2.24) is 9.80 Å². The topological polar surface area (TPSA) is 60.9 Å². The number of likely N-dealkylation sites (N-methyl/N-ethyl adjacent to an activating group) is 2. The number of carboxylic acid groups (broad SMARTS) is 1. The fourth-order valence-electron chi connectivity index (χ4n) is 1.62. The van der Waals surface area contributed by atoms with Crippen LogP contribution in [0.15, 0.2) is 15.9 Å². The van der Waals surface area contributed by atoms with E-state index in [0.717, 1.165) is 8.66 Å². The lowest BCUT2D eigenvalue weighted by Gasteiger charge is -2.23. The molecule has 0 aromatic carbocycles. The molecule has 106 valence electrons. The number of carbonyl (C=O) groups is 2. The monoisotopic (exact) mass is 348 g/mol. The van der Waals surface area contributed by atoms with Gasteiger partial charge < -0.3 is 10.0 Å². The number of aliphatic carboxylic acids is 1. The number of carbonyl (C=O) groups excluding carboxylic acids is 1. The van der Waals surface area contributed by atoms with Crippen molar-refractivity contribution in [3.63, 3.8) is 0 Å². The number of hydrogen-bond donors (Lipinski definition) is 1. The number of nitrogens with zero attached hydrogens (tertiary/aromatic N) is 2. The summed E-state index contributed by atoms with van der Waals surface area (Å²) in [6.07, 6.45) is 0. The van der Waals surface area contributed by atoms with Crippen LogP contribution >= 0.6 is 27.3 Å². The molecular formula is C12H17BrN2O3S. The Labute approximate surface area is 124 Å². The molecule has 7 heteroatoms. The summed E-state index contributed by atoms with van der Waals surface area (Å²) in [7, 11) is 1.63. The third kappa shape index (κ3) is 5.71. The summed E-state index contributed by atoms with van der Waals surface area (Å²) in [6, 6.07) is 3.93. The van der Waals surface area contributed by atoms with E-state index >= 15 is 0 Å². The van der Waals surface area contributed by atoms with Crippen LogP contribution in [-0.2, 0) is 16.1 Å². The quantitative estimate of drug-likeness (QED) is 0.817. The SMILES string of the molecule is CCN(Cc1ccc(Br)s1)C(=O)CN(C)CC(=O)O. The number of halogens is 1. The van der Waals surface area contributed by atoms with Crippen molar-refractivity contribution in [1.29, 1.82) is 0 Å². The van der Waals surface area contributed by atoms with Gasteiger partial charge in [0.05, 0.1) is 23.4 Å². The Morgan fingerprint density at radius 3 is 2.53 bits per heavy atom. The maximum absolute atomic E-state index is 12.1. The molecule has 0 atom stereocenters. The van der Waals surface area contributed by atoms with Gasteiger partial charge in [-0.2, -0.15) is 0 Å². The smallest absolute Gasteiger partial charge is 0.317 e. The summed E-state index contributed by atoms with van der Waals surface area (Å²) < 4.78 is 1.04. The summed E-state index contributed by atoms with van der Waals surface area (Å²) in [5.41, 5.74) is 0. The highest BCUT2D eigenvalue weighted by Crippen LogP contribution is 2.23. The molecule has 0 bridgehead atoms. The normalized spacial score (nSPS) is 10.7. The Morgan fingerprint density at radius 1 is 1.37 bits per heavy atom. The van der Waals surface area contributed by atoms with Crippen molar-refractivity contribution >= 4 is 39.1 Å². The molecule has 0 aliphatic rings. The number of thiophene rings is 1. The standard InChI is InChI=1S/C12H17BrN2O3S/c1-3-15(6-9-4-5-10(13)19-9)11(16)7-14(2)8-12(17)18/h4-5H,3,6-8H2,1-2H3,(H,17,18). The van der Waals surface area contributed by atoms with Crippen LogP contribution < -0.4 is 0 Å². The van der Waals surface area contributed by atoms with Gasteiger partial charge in [0.15, 0.2) is 0 Å². The maximum Gasteiger partial charge on any atom is 0.317 e. The number of carboxylic acids is 1. The third-order valence-corrected chi connectivity index (χ3v) is 4.13. The zero-order valence-corrected chi connectivity index (χ0v) is 13.3. The summed E-state index contributed by atoms with van der Waals surface area (Å²) in [5.74, 6) is -0.990. The number of amides is 1. The van der Waals surface area contributed by atoms with E-state index in [-0.39, 0.29) is 19.0 Å². The predicted octanol–water partition coefficient (Wildman–Crippen LogP) is 1.88. The van der Waals surface area contributed by atoms with Crippen LogP contribution in [0.25, 0.3) is 0 Å². The van der Waals surface area contributed by atoms with Gasteiger partial charge in [-0.25, -0.2) is 0 Å². The average molecular weight is 349 g/mol. The molecule has 0 aliphatic heterocycles. The van der Waals surface area contributed by atoms with Crippen LogP contribution in [0.2, 0.25) is 0 Å². The van der Waals surface area contributed by atoms with Gasteiger partial charge in [-0.15, -0.1) is 11.3 Å². The Morgan fingerprint density at radius 2 is 2.05 bits per heavy atom. The molecule has 5 nitrogen and oxygen atoms in total. The van der Waals surface area contributed by atoms with Gasteiger partial charge in [-0.05, 0) is 42.0 Å². The van der Waals surface area contributed by atoms with E-state index in [0.29, 0.717) is 13.1 Å². The lowest BCUT2D eigenvalue weighted by Crippen LogP contribution is -2.40. The van der Waals surface area contributed by atoms with Crippen molar-refractivity contribution in [3.8, 4) is 0 Å². The van der Waals surface area contributed by atoms with Gasteiger partial charge in [-0.3, -0.25) is 14.5 Å². The molecule has 0 aliphatic carbocycles. The highest BCUT2D eigenvalue weighted by atomic mass is 79.9. The minimum atomic E-state index is -0.930. The summed E-state index contributed by atoms with van der Waals surface area (Å²) in [4.78, 5) is 26.9. The Bertz CT molecular complexity index is 450. The molecule has 0 radical (unpaired) electrons. The maximum atomic E-state index is 12.1. The second kappa shape index (κ2) is 7.62. The molecule has 1 amide bonds. The van der Waals surface area contributed by atoms with Crippen molar-refractivity contribution in [2.24, 2.45) is 0 Å². The van der Waals surface area contributed by atoms with E-state index in [1.807, 2.05) is 19.1 Å². The van der Waals surface area contributed by atoms with E-state index in [4.69, 9.17) is 5.11 Å². The van der Waals surface area contributed by atoms with Gasteiger partial charge in [0.1, 0.15) is 0 Å². The summed E-state index contributed by atoms with van der Waals surface area (Å²) >= 11 is 4.98. The second-order valence-corrected chi connectivity index (χ2v) is 6.73. The zero-order valence-electron chi connectivity index (χ0n) is 10.9. The Balaban J connectivity index is 2.54. The number of rotatable bonds is 7. The molecule has 0 saturated heterocycles. The van der Waals surface area contributed by atoms with Crippen LogP contribution in [-0.4, -0.2) is 53.5 Å². The van der Waals surface area contributed by atoms with Crippen molar-refractivity contribution < 1.29 is 14.7 Å². The van der Waals surface area contributed by atoms with Crippen LogP contribution in [0.5, 0.6) is 0 Å². The molecule has 0 fully saturated rings. The molecule has 19 heavy (non-hydrogen) atoms. The first kappa shape index (κ1) is 16.1. The minimum Gasteiger partial charge on any atom is -0.480 e. The molecular weight excluding hydrogens is 332 g/mol. The number of hydrogen-bond acceptors (Lipinski definition) is 4. The first-order valence-corrected chi connectivity index (χ1v) is 7.45. The van der Waals surface area contributed by atoms with Gasteiger partial charge in [0.25, 0.3) is 0 Å². The van der Waals surface area contributed by atoms with Crippen LogP contribution in [0.1, 0.15) is 11.8 Å². The summed E-state index contributed by atoms with van der Waals surface area (Å²) in [5, 5.41) is 8.66. The lowest BCUT2D eigenvalue weighted by molar-refractivity contribution is -0.139. The molecule has 0 unspecified atom stereocenters. The van der Waals surface area contributed by atoms with Crippen molar-refractivity contribution in [3.05, 3.63) is 20.8 Å². The van der Waals surface area contributed by atoms with Gasteiger partial charge in [-0.1, -0.05) is 0 Å². The van der Waals surface area contributed by atoms with Gasteiger partial charge in [0, 0.05) is 11.4 Å². The van der Waals surface area contributed by atoms with Gasteiger partial charge >= 0.3 is 5.97 Å². The molecule has 1 heterocycles. The first-order valence-electron chi connectivity index (χ1n) is 5.84. The molecule has 1 N–H and O–H groups in total. The first-order chi connectivity index (χ1) is 8.92. The van der Waals surface area contributed by atoms with E-state index in [1.165, 1.54) is 4.90 Å². The van der Waals surface area contributed by atoms with E-state index < -0.39 is 5.97 Å². The van der Waals surface area contributed by atoms with Gasteiger partial charge in [0.2, 0.25) is 5.91 Å². The predicted molar refractivity (Wildman–Crippen MR) is 78.2 cm³/mol. The average Bonchev–Trinajstić information content (AvgIpc) is 2.70. The fraction of sp³-hybridized carbons (Fsp3) is 0.500. The largest absolute Gasteiger partial charge is 0.480 e. The highest BCUT2D eigenvalue weighted by Gasteiger charge is 2.16. The highest BCUT2D eigenvalue weighted by molar-refractivity contribution is 9.11. The van der Waals surface area contributed by atoms with Crippen LogP contribution in [0, 0.1) is 0 Å². The van der Waals surface area contributed by atoms with E-state index in [1.54, 1.807) is 23.3 Å². The lowest BCUT2D eigenvalue weighted by atomic mass is 10.3. The molecule has 1 aromatic rings. The Kier molecular flexibility index (Phi) is 6.47. The molecule has 1 aromatic heterocycles. The minimum absolute atomic E-state index is 0.0595. The van der Waals surface area contributed by atoms with Crippen molar-refractivity contribution in [2.45, 2.75) is 13.5 Å². The fourth-order valence-corrected chi connectivity index (χ4v) is 3.12. The molecule has 0 spiro atoms. The van der Waals surface area contributed by atoms with E-state index in [9.17, 15) is 9.59 Å². The second-order valence-electron chi connectivity index (χ2n) is 4.18. The molecule has 1 rings (SSSR count). The zero-order chi connectivity index (χ0) is 14.4. The molecule has 0 saturated carbocycles. The third-order valence-electron chi connectivity index (χ3n) is 2.52.